The molecule has 0 heterocycles. The largest absolute Gasteiger partial charge is 0.511 e. The Labute approximate surface area is 133 Å². The first kappa shape index (κ1) is 18.0. The fourth-order valence-electron chi connectivity index (χ4n) is 2.06. The molecule has 0 aromatic heterocycles. The highest BCUT2D eigenvalue weighted by atomic mass is 16.7. The summed E-state index contributed by atoms with van der Waals surface area (Å²) in [5.74, 6) is 0.333. The van der Waals surface area contributed by atoms with Crippen LogP contribution in [0, 0.1) is 0 Å². The van der Waals surface area contributed by atoms with Crippen LogP contribution in [0.4, 0.5) is 9.59 Å². The van der Waals surface area contributed by atoms with Gasteiger partial charge < -0.3 is 20.1 Å². The molecule has 0 unspecified atom stereocenters. The summed E-state index contributed by atoms with van der Waals surface area (Å²) in [6.07, 6.45) is -3.13. The first-order valence-corrected chi connectivity index (χ1v) is 6.72. The Morgan fingerprint density at radius 2 is 1.26 bits per heavy atom. The second kappa shape index (κ2) is 7.84. The van der Waals surface area contributed by atoms with Gasteiger partial charge >= 0.3 is 12.3 Å². The van der Waals surface area contributed by atoms with Crippen molar-refractivity contribution in [2.24, 2.45) is 0 Å². The molecule has 6 nitrogen and oxygen atoms in total. The van der Waals surface area contributed by atoms with Crippen molar-refractivity contribution in [3.05, 3.63) is 65.7 Å². The summed E-state index contributed by atoms with van der Waals surface area (Å²) in [6.45, 7) is 4.27. The van der Waals surface area contributed by atoms with E-state index in [0.29, 0.717) is 5.75 Å². The van der Waals surface area contributed by atoms with Gasteiger partial charge in [-0.2, -0.15) is 0 Å². The molecule has 0 aliphatic heterocycles. The van der Waals surface area contributed by atoms with Crippen molar-refractivity contribution in [1.82, 2.24) is 0 Å². The van der Waals surface area contributed by atoms with Gasteiger partial charge in [-0.3, -0.25) is 0 Å². The molecule has 0 aliphatic rings. The lowest BCUT2D eigenvalue weighted by Crippen LogP contribution is -2.18. The maximum absolute atomic E-state index is 10.4. The minimum absolute atomic E-state index is 0.136. The van der Waals surface area contributed by atoms with E-state index in [9.17, 15) is 4.79 Å². The molecule has 122 valence electrons. The number of ether oxygens (including phenoxy) is 1. The molecule has 2 rings (SSSR count). The average molecular weight is 318 g/mol. The predicted octanol–water partition coefficient (Wildman–Crippen LogP) is 4.29. The van der Waals surface area contributed by atoms with Gasteiger partial charge in [0.05, 0.1) is 0 Å². The zero-order chi connectivity index (χ0) is 17.5. The number of hydrogen-bond acceptors (Lipinski definition) is 3. The Kier molecular flexibility index (Phi) is 6.14. The van der Waals surface area contributed by atoms with E-state index >= 15 is 0 Å². The van der Waals surface area contributed by atoms with E-state index in [0.717, 1.165) is 5.56 Å². The SMILES string of the molecule is CC(C)(c1ccccc1)c1ccc(OC(=O)O)cc1.O=C(O)O. The number of carboxylic acid groups (broad SMARTS) is 3. The number of benzene rings is 2. The van der Waals surface area contributed by atoms with Gasteiger partial charge in [-0.1, -0.05) is 56.3 Å². The quantitative estimate of drug-likeness (QED) is 0.576. The Morgan fingerprint density at radius 3 is 1.70 bits per heavy atom. The van der Waals surface area contributed by atoms with E-state index in [1.807, 2.05) is 30.3 Å². The summed E-state index contributed by atoms with van der Waals surface area (Å²) in [5.41, 5.74) is 2.18. The van der Waals surface area contributed by atoms with Crippen molar-refractivity contribution in [2.75, 3.05) is 0 Å². The maximum atomic E-state index is 10.4. The highest BCUT2D eigenvalue weighted by Gasteiger charge is 2.22. The van der Waals surface area contributed by atoms with Gasteiger partial charge in [0, 0.05) is 5.41 Å². The maximum Gasteiger partial charge on any atom is 0.511 e. The standard InChI is InChI=1S/C16H16O3.CH2O3/c1-16(2,12-6-4-3-5-7-12)13-8-10-14(11-9-13)19-15(17)18;2-1(3)4/h3-11H,1-2H3,(H,17,18);(H2,2,3,4). The summed E-state index contributed by atoms with van der Waals surface area (Å²) in [6, 6.07) is 17.3. The van der Waals surface area contributed by atoms with Crippen LogP contribution in [0.2, 0.25) is 0 Å². The van der Waals surface area contributed by atoms with E-state index in [4.69, 9.17) is 20.1 Å². The van der Waals surface area contributed by atoms with Crippen molar-refractivity contribution >= 4 is 12.3 Å². The molecule has 0 atom stereocenters. The molecule has 0 spiro atoms. The Bertz CT molecular complexity index is 643. The molecule has 6 heteroatoms. The van der Waals surface area contributed by atoms with Crippen LogP contribution in [0.3, 0.4) is 0 Å². The van der Waals surface area contributed by atoms with E-state index in [-0.39, 0.29) is 5.41 Å². The van der Waals surface area contributed by atoms with Crippen molar-refractivity contribution < 1.29 is 29.6 Å². The van der Waals surface area contributed by atoms with E-state index in [2.05, 4.69) is 30.7 Å². The molecular weight excluding hydrogens is 300 g/mol. The third-order valence-corrected chi connectivity index (χ3v) is 3.28. The number of carbonyl (C=O) groups is 2. The van der Waals surface area contributed by atoms with Crippen LogP contribution in [0.1, 0.15) is 25.0 Å². The summed E-state index contributed by atoms with van der Waals surface area (Å²) < 4.78 is 4.60. The zero-order valence-electron chi connectivity index (χ0n) is 12.8. The molecule has 23 heavy (non-hydrogen) atoms. The first-order chi connectivity index (χ1) is 10.7. The molecule has 3 N–H and O–H groups in total. The van der Waals surface area contributed by atoms with Gasteiger partial charge in [0.25, 0.3) is 0 Å². The Hall–Kier alpha value is -3.02. The van der Waals surface area contributed by atoms with Crippen LogP contribution in [0.25, 0.3) is 0 Å². The van der Waals surface area contributed by atoms with Crippen molar-refractivity contribution in [2.45, 2.75) is 19.3 Å². The Balaban J connectivity index is 0.000000593. The summed E-state index contributed by atoms with van der Waals surface area (Å²) >= 11 is 0. The summed E-state index contributed by atoms with van der Waals surface area (Å²) in [4.78, 5) is 19.0. The predicted molar refractivity (Wildman–Crippen MR) is 84.3 cm³/mol. The van der Waals surface area contributed by atoms with Gasteiger partial charge in [-0.25, -0.2) is 9.59 Å². The van der Waals surface area contributed by atoms with Crippen molar-refractivity contribution in [3.8, 4) is 5.75 Å². The third-order valence-electron chi connectivity index (χ3n) is 3.28. The lowest BCUT2D eigenvalue weighted by molar-refractivity contribution is 0.136. The van der Waals surface area contributed by atoms with Crippen molar-refractivity contribution in [3.63, 3.8) is 0 Å². The molecule has 0 saturated carbocycles. The van der Waals surface area contributed by atoms with Crippen LogP contribution in [0.5, 0.6) is 5.75 Å². The lowest BCUT2D eigenvalue weighted by Gasteiger charge is -2.26. The number of hydrogen-bond donors (Lipinski definition) is 3. The second-order valence-corrected chi connectivity index (χ2v) is 5.17. The van der Waals surface area contributed by atoms with Gasteiger partial charge in [0.2, 0.25) is 0 Å². The van der Waals surface area contributed by atoms with Gasteiger partial charge in [0.15, 0.2) is 0 Å². The highest BCUT2D eigenvalue weighted by molar-refractivity contribution is 5.61. The fourth-order valence-corrected chi connectivity index (χ4v) is 2.06. The van der Waals surface area contributed by atoms with Crippen LogP contribution in [-0.4, -0.2) is 27.6 Å². The normalized spacial score (nSPS) is 10.2. The van der Waals surface area contributed by atoms with Crippen LogP contribution >= 0.6 is 0 Å². The highest BCUT2D eigenvalue weighted by Crippen LogP contribution is 2.32. The van der Waals surface area contributed by atoms with Crippen LogP contribution in [0.15, 0.2) is 54.6 Å². The lowest BCUT2D eigenvalue weighted by atomic mass is 9.78. The molecule has 0 aliphatic carbocycles. The molecule has 0 radical (unpaired) electrons. The number of rotatable bonds is 3. The molecule has 2 aromatic carbocycles. The monoisotopic (exact) mass is 318 g/mol. The van der Waals surface area contributed by atoms with E-state index in [1.165, 1.54) is 5.56 Å². The van der Waals surface area contributed by atoms with Crippen molar-refractivity contribution in [1.29, 1.82) is 0 Å². The minimum Gasteiger partial charge on any atom is -0.450 e. The van der Waals surface area contributed by atoms with E-state index in [1.54, 1.807) is 12.1 Å². The zero-order valence-corrected chi connectivity index (χ0v) is 12.8. The topological polar surface area (TPSA) is 104 Å². The van der Waals surface area contributed by atoms with Crippen LogP contribution in [-0.2, 0) is 5.41 Å². The molecule has 0 saturated heterocycles. The molecule has 0 amide bonds. The summed E-state index contributed by atoms with van der Waals surface area (Å²) in [5, 5.41) is 22.5. The van der Waals surface area contributed by atoms with Crippen LogP contribution < -0.4 is 4.74 Å². The third kappa shape index (κ3) is 5.70. The summed E-state index contributed by atoms with van der Waals surface area (Å²) in [7, 11) is 0. The molecule has 0 bridgehead atoms. The van der Waals surface area contributed by atoms with Gasteiger partial charge in [-0.15, -0.1) is 0 Å². The first-order valence-electron chi connectivity index (χ1n) is 6.72. The Morgan fingerprint density at radius 1 is 0.826 bits per heavy atom. The minimum atomic E-state index is -1.83. The van der Waals surface area contributed by atoms with Gasteiger partial charge in [-0.05, 0) is 23.3 Å². The molecule has 0 fully saturated rings. The van der Waals surface area contributed by atoms with E-state index < -0.39 is 12.3 Å². The van der Waals surface area contributed by atoms with Gasteiger partial charge in [0.1, 0.15) is 5.75 Å². The second-order valence-electron chi connectivity index (χ2n) is 5.17. The fraction of sp³-hybridized carbons (Fsp3) is 0.176. The average Bonchev–Trinajstić information content (AvgIpc) is 2.47. The molecule has 2 aromatic rings. The molecular formula is C17H18O6. The smallest absolute Gasteiger partial charge is 0.450 e.